The molecule has 1 aromatic rings. The Balaban J connectivity index is 2.73. The third kappa shape index (κ3) is 4.08. The summed E-state index contributed by atoms with van der Waals surface area (Å²) in [5, 5.41) is 9.72. The minimum Gasteiger partial charge on any atom is -0.506 e. The summed E-state index contributed by atoms with van der Waals surface area (Å²) in [7, 11) is 3.99. The van der Waals surface area contributed by atoms with Crippen molar-refractivity contribution < 1.29 is 5.11 Å². The zero-order valence-electron chi connectivity index (χ0n) is 9.38. The lowest BCUT2D eigenvalue weighted by Crippen LogP contribution is -2.15. The molecule has 0 atom stereocenters. The predicted molar refractivity (Wildman–Crippen MR) is 73.6 cm³/mol. The van der Waals surface area contributed by atoms with Crippen LogP contribution in [0.1, 0.15) is 5.56 Å². The quantitative estimate of drug-likeness (QED) is 0.569. The topological polar surface area (TPSA) is 35.8 Å². The highest BCUT2D eigenvalue weighted by Crippen LogP contribution is 2.27. The summed E-state index contributed by atoms with van der Waals surface area (Å²) in [5.74, 6) is 0.148. The Hall–Kier alpha value is -0.650. The number of rotatable bonds is 4. The molecule has 0 aliphatic heterocycles. The summed E-state index contributed by atoms with van der Waals surface area (Å²) in [6, 6.07) is 3.45. The SMILES string of the molecule is CN(C)CCN=Cc1cc(S)cc(S)c1O. The molecule has 5 heteroatoms. The lowest BCUT2D eigenvalue weighted by molar-refractivity contribution is 0.420. The van der Waals surface area contributed by atoms with Gasteiger partial charge < -0.3 is 10.0 Å². The maximum atomic E-state index is 9.72. The van der Waals surface area contributed by atoms with E-state index in [1.165, 1.54) is 0 Å². The predicted octanol–water partition coefficient (Wildman–Crippen LogP) is 1.95. The maximum Gasteiger partial charge on any atom is 0.137 e. The summed E-state index contributed by atoms with van der Waals surface area (Å²) in [6.45, 7) is 1.58. The third-order valence-corrected chi connectivity index (χ3v) is 2.61. The van der Waals surface area contributed by atoms with Crippen LogP contribution < -0.4 is 0 Å². The van der Waals surface area contributed by atoms with Crippen molar-refractivity contribution in [3.8, 4) is 5.75 Å². The van der Waals surface area contributed by atoms with Crippen molar-refractivity contribution >= 4 is 31.5 Å². The average molecular weight is 256 g/mol. The van der Waals surface area contributed by atoms with Crippen LogP contribution in [0.5, 0.6) is 5.75 Å². The zero-order chi connectivity index (χ0) is 12.1. The normalized spacial score (nSPS) is 11.6. The number of benzene rings is 1. The second-order valence-corrected chi connectivity index (χ2v) is 4.74. The molecule has 0 bridgehead atoms. The molecule has 0 saturated heterocycles. The molecular formula is C11H16N2OS2. The van der Waals surface area contributed by atoms with Crippen LogP contribution in [-0.4, -0.2) is 43.4 Å². The average Bonchev–Trinajstić information content (AvgIpc) is 2.19. The van der Waals surface area contributed by atoms with E-state index in [2.05, 4.69) is 35.1 Å². The van der Waals surface area contributed by atoms with E-state index in [1.54, 1.807) is 18.3 Å². The minimum absolute atomic E-state index is 0.148. The van der Waals surface area contributed by atoms with Crippen LogP contribution in [0.2, 0.25) is 0 Å². The van der Waals surface area contributed by atoms with Gasteiger partial charge in [-0.05, 0) is 26.2 Å². The number of aromatic hydroxyl groups is 1. The Kier molecular flexibility index (Phi) is 5.18. The van der Waals surface area contributed by atoms with Gasteiger partial charge in [0.05, 0.1) is 6.54 Å². The molecule has 3 nitrogen and oxygen atoms in total. The largest absolute Gasteiger partial charge is 0.506 e. The van der Waals surface area contributed by atoms with E-state index >= 15 is 0 Å². The highest BCUT2D eigenvalue weighted by Gasteiger charge is 2.03. The van der Waals surface area contributed by atoms with Gasteiger partial charge in [0.25, 0.3) is 0 Å². The molecule has 0 spiro atoms. The molecule has 0 radical (unpaired) electrons. The van der Waals surface area contributed by atoms with Gasteiger partial charge in [-0.3, -0.25) is 4.99 Å². The molecule has 0 aliphatic carbocycles. The number of phenols is 1. The fourth-order valence-corrected chi connectivity index (χ4v) is 1.78. The van der Waals surface area contributed by atoms with Gasteiger partial charge in [-0.25, -0.2) is 0 Å². The van der Waals surface area contributed by atoms with Gasteiger partial charge in [0.2, 0.25) is 0 Å². The van der Waals surface area contributed by atoms with Crippen LogP contribution >= 0.6 is 25.3 Å². The van der Waals surface area contributed by atoms with Crippen LogP contribution in [-0.2, 0) is 0 Å². The van der Waals surface area contributed by atoms with Crippen molar-refractivity contribution in [3.05, 3.63) is 17.7 Å². The summed E-state index contributed by atoms with van der Waals surface area (Å²) >= 11 is 8.37. The Morgan fingerprint density at radius 1 is 1.38 bits per heavy atom. The molecule has 1 aromatic carbocycles. The molecule has 0 aromatic heterocycles. The smallest absolute Gasteiger partial charge is 0.137 e. The van der Waals surface area contributed by atoms with Crippen molar-refractivity contribution in [2.75, 3.05) is 27.2 Å². The van der Waals surface area contributed by atoms with Gasteiger partial charge in [0, 0.05) is 28.1 Å². The molecule has 1 rings (SSSR count). The molecule has 0 amide bonds. The summed E-state index contributed by atoms with van der Waals surface area (Å²) in [6.07, 6.45) is 1.65. The number of hydrogen-bond acceptors (Lipinski definition) is 5. The van der Waals surface area contributed by atoms with E-state index in [0.717, 1.165) is 11.4 Å². The summed E-state index contributed by atoms with van der Waals surface area (Å²) < 4.78 is 0. The fraction of sp³-hybridized carbons (Fsp3) is 0.364. The summed E-state index contributed by atoms with van der Waals surface area (Å²) in [4.78, 5) is 7.56. The first-order valence-corrected chi connectivity index (χ1v) is 5.79. The first-order valence-electron chi connectivity index (χ1n) is 4.90. The van der Waals surface area contributed by atoms with Gasteiger partial charge in [-0.2, -0.15) is 0 Å². The Morgan fingerprint density at radius 3 is 2.69 bits per heavy atom. The highest BCUT2D eigenvalue weighted by atomic mass is 32.1. The number of hydrogen-bond donors (Lipinski definition) is 3. The molecule has 16 heavy (non-hydrogen) atoms. The van der Waals surface area contributed by atoms with Crippen LogP contribution in [0.3, 0.4) is 0 Å². The van der Waals surface area contributed by atoms with Crippen LogP contribution in [0, 0.1) is 0 Å². The van der Waals surface area contributed by atoms with Gasteiger partial charge in [0.15, 0.2) is 0 Å². The van der Waals surface area contributed by atoms with E-state index in [4.69, 9.17) is 0 Å². The highest BCUT2D eigenvalue weighted by molar-refractivity contribution is 7.81. The van der Waals surface area contributed by atoms with Gasteiger partial charge in [-0.15, -0.1) is 25.3 Å². The molecule has 1 N–H and O–H groups in total. The Labute approximate surface area is 107 Å². The van der Waals surface area contributed by atoms with Crippen molar-refractivity contribution in [1.82, 2.24) is 4.90 Å². The number of nitrogens with zero attached hydrogens (tertiary/aromatic N) is 2. The molecule has 88 valence electrons. The van der Waals surface area contributed by atoms with Crippen molar-refractivity contribution in [2.45, 2.75) is 9.79 Å². The van der Waals surface area contributed by atoms with Gasteiger partial charge in [0.1, 0.15) is 5.75 Å². The van der Waals surface area contributed by atoms with E-state index in [0.29, 0.717) is 17.0 Å². The van der Waals surface area contributed by atoms with E-state index < -0.39 is 0 Å². The first kappa shape index (κ1) is 13.4. The molecule has 0 saturated carbocycles. The van der Waals surface area contributed by atoms with Crippen LogP contribution in [0.25, 0.3) is 0 Å². The molecular weight excluding hydrogens is 240 g/mol. The van der Waals surface area contributed by atoms with Gasteiger partial charge in [-0.1, -0.05) is 0 Å². The number of likely N-dealkylation sites (N-methyl/N-ethyl adjacent to an activating group) is 1. The lowest BCUT2D eigenvalue weighted by atomic mass is 10.2. The zero-order valence-corrected chi connectivity index (χ0v) is 11.2. The van der Waals surface area contributed by atoms with E-state index in [-0.39, 0.29) is 5.75 Å². The van der Waals surface area contributed by atoms with Crippen molar-refractivity contribution in [3.63, 3.8) is 0 Å². The molecule has 0 fully saturated rings. The molecule has 0 aliphatic rings. The second-order valence-electron chi connectivity index (χ2n) is 3.74. The second kappa shape index (κ2) is 6.18. The lowest BCUT2D eigenvalue weighted by Gasteiger charge is -2.06. The first-order chi connectivity index (χ1) is 7.50. The number of phenolic OH excluding ortho intramolecular Hbond substituents is 1. The van der Waals surface area contributed by atoms with Crippen LogP contribution in [0.4, 0.5) is 0 Å². The minimum atomic E-state index is 0.148. The molecule has 0 unspecified atom stereocenters. The molecule has 0 heterocycles. The number of thiol groups is 2. The monoisotopic (exact) mass is 256 g/mol. The number of aliphatic imine (C=N–C) groups is 1. The van der Waals surface area contributed by atoms with Crippen molar-refractivity contribution in [1.29, 1.82) is 0 Å². The Morgan fingerprint density at radius 2 is 2.06 bits per heavy atom. The van der Waals surface area contributed by atoms with E-state index in [9.17, 15) is 5.11 Å². The fourth-order valence-electron chi connectivity index (χ4n) is 1.14. The van der Waals surface area contributed by atoms with Crippen molar-refractivity contribution in [2.24, 2.45) is 4.99 Å². The van der Waals surface area contributed by atoms with Crippen LogP contribution in [0.15, 0.2) is 26.9 Å². The summed E-state index contributed by atoms with van der Waals surface area (Å²) in [5.41, 5.74) is 0.649. The van der Waals surface area contributed by atoms with E-state index in [1.807, 2.05) is 14.1 Å². The van der Waals surface area contributed by atoms with Gasteiger partial charge >= 0.3 is 0 Å². The standard InChI is InChI=1S/C11H16N2OS2/c1-13(2)4-3-12-7-8-5-9(15)6-10(16)11(8)14/h5-7,14-16H,3-4H2,1-2H3. The Bertz CT molecular complexity index is 392. The maximum absolute atomic E-state index is 9.72. The third-order valence-electron chi connectivity index (χ3n) is 2.01.